The molecule has 0 radical (unpaired) electrons. The van der Waals surface area contributed by atoms with Crippen LogP contribution >= 0.6 is 35.0 Å². The fourth-order valence-corrected chi connectivity index (χ4v) is 4.54. The third-order valence-corrected chi connectivity index (χ3v) is 5.47. The Morgan fingerprint density at radius 2 is 1.46 bits per heavy atom. The van der Waals surface area contributed by atoms with Crippen LogP contribution in [-0.2, 0) is 13.2 Å². The van der Waals surface area contributed by atoms with Crippen molar-refractivity contribution in [2.75, 3.05) is 7.05 Å². The molecule has 206 valence electrons. The van der Waals surface area contributed by atoms with Crippen molar-refractivity contribution in [3.05, 3.63) is 82.9 Å². The number of halogens is 2. The van der Waals surface area contributed by atoms with E-state index in [1.165, 1.54) is 0 Å². The average Bonchev–Trinajstić information content (AvgIpc) is 3.22. The average molecular weight is 566 g/mol. The van der Waals surface area contributed by atoms with Crippen LogP contribution in [0.5, 0.6) is 0 Å². The van der Waals surface area contributed by atoms with Gasteiger partial charge in [-0.15, -0.1) is 6.58 Å². The number of aliphatic hydroxyl groups is 1. The molecule has 0 bridgehead atoms. The first kappa shape index (κ1) is 37.2. The molecule has 0 amide bonds. The van der Waals surface area contributed by atoms with Crippen LogP contribution in [-0.4, -0.2) is 23.4 Å². The van der Waals surface area contributed by atoms with Crippen LogP contribution in [0, 0.1) is 5.92 Å². The van der Waals surface area contributed by atoms with Gasteiger partial charge in [-0.1, -0.05) is 113 Å². The van der Waals surface area contributed by atoms with Gasteiger partial charge in [-0.3, -0.25) is 0 Å². The quantitative estimate of drug-likeness (QED) is 0.238. The lowest BCUT2D eigenvalue weighted by atomic mass is 10.1. The summed E-state index contributed by atoms with van der Waals surface area (Å²) in [5.74, 6) is 0.833. The Bertz CT molecular complexity index is 979. The number of hydrogen-bond acceptors (Lipinski definition) is 3. The van der Waals surface area contributed by atoms with Gasteiger partial charge in [-0.25, -0.2) is 0 Å². The number of aromatic nitrogens is 1. The highest BCUT2D eigenvalue weighted by atomic mass is 35.5. The molecular formula is C31H46Cl2N2OS. The van der Waals surface area contributed by atoms with E-state index in [2.05, 4.69) is 69.6 Å². The highest BCUT2D eigenvalue weighted by Gasteiger charge is 2.16. The van der Waals surface area contributed by atoms with Crippen molar-refractivity contribution in [3.63, 3.8) is 0 Å². The predicted octanol–water partition coefficient (Wildman–Crippen LogP) is 10.7. The summed E-state index contributed by atoms with van der Waals surface area (Å²) < 4.78 is 2.21. The van der Waals surface area contributed by atoms with Crippen molar-refractivity contribution in [2.24, 2.45) is 10.9 Å². The molecule has 1 heterocycles. The maximum atomic E-state index is 9.80. The molecule has 0 atom stereocenters. The molecule has 3 rings (SSSR count). The minimum absolute atomic E-state index is 0.00108. The second-order valence-electron chi connectivity index (χ2n) is 8.08. The molecule has 0 fully saturated rings. The Hall–Kier alpha value is -1.98. The molecule has 3 nitrogen and oxygen atoms in total. The van der Waals surface area contributed by atoms with Crippen molar-refractivity contribution in [2.45, 2.75) is 78.0 Å². The third-order valence-electron chi connectivity index (χ3n) is 4.02. The summed E-state index contributed by atoms with van der Waals surface area (Å²) in [5, 5.41) is 12.1. The second-order valence-corrected chi connectivity index (χ2v) is 10.0. The van der Waals surface area contributed by atoms with Crippen molar-refractivity contribution in [3.8, 4) is 11.3 Å². The van der Waals surface area contributed by atoms with E-state index in [9.17, 15) is 5.11 Å². The maximum absolute atomic E-state index is 9.80. The zero-order valence-electron chi connectivity index (χ0n) is 23.9. The fraction of sp³-hybridized carbons (Fsp3) is 0.387. The highest BCUT2D eigenvalue weighted by molar-refractivity contribution is 7.99. The van der Waals surface area contributed by atoms with Gasteiger partial charge in [0.25, 0.3) is 0 Å². The number of aliphatic imine (C=N–C) groups is 1. The third kappa shape index (κ3) is 15.8. The van der Waals surface area contributed by atoms with Crippen LogP contribution in [0.3, 0.4) is 0 Å². The summed E-state index contributed by atoms with van der Waals surface area (Å²) in [6.07, 6.45) is 2.96. The van der Waals surface area contributed by atoms with Crippen molar-refractivity contribution < 1.29 is 5.11 Å². The molecule has 1 aromatic heterocycles. The van der Waals surface area contributed by atoms with Gasteiger partial charge < -0.3 is 14.7 Å². The summed E-state index contributed by atoms with van der Waals surface area (Å²) in [4.78, 5) is 4.23. The molecule has 0 unspecified atom stereocenters. The number of hydrogen-bond donors (Lipinski definition) is 1. The van der Waals surface area contributed by atoms with Crippen LogP contribution < -0.4 is 0 Å². The van der Waals surface area contributed by atoms with E-state index in [0.717, 1.165) is 45.6 Å². The molecule has 2 aromatic carbocycles. The first-order chi connectivity index (χ1) is 17.7. The number of allylic oxidation sites excluding steroid dienone is 1. The summed E-state index contributed by atoms with van der Waals surface area (Å²) >= 11 is 13.8. The summed E-state index contributed by atoms with van der Waals surface area (Å²) in [6, 6.07) is 17.7. The molecule has 37 heavy (non-hydrogen) atoms. The molecule has 0 aliphatic heterocycles. The second kappa shape index (κ2) is 23.2. The topological polar surface area (TPSA) is 37.5 Å². The molecular weight excluding hydrogens is 519 g/mol. The SMILES string of the molecule is C=CCC.C=NC.CC.CC(C)C.CCn1c(Sc2cc(Cl)cc(Cl)c2)cc(CO)c1-c1ccccc1. The number of aliphatic hydroxyl groups excluding tert-OH is 1. The molecule has 3 aromatic rings. The van der Waals surface area contributed by atoms with E-state index < -0.39 is 0 Å². The predicted molar refractivity (Wildman–Crippen MR) is 170 cm³/mol. The monoisotopic (exact) mass is 564 g/mol. The Labute approximate surface area is 240 Å². The van der Waals surface area contributed by atoms with Gasteiger partial charge in [0.2, 0.25) is 0 Å². The normalized spacial score (nSPS) is 9.30. The largest absolute Gasteiger partial charge is 0.392 e. The molecule has 0 spiro atoms. The van der Waals surface area contributed by atoms with E-state index in [1.807, 2.05) is 56.3 Å². The van der Waals surface area contributed by atoms with E-state index in [0.29, 0.717) is 10.0 Å². The van der Waals surface area contributed by atoms with Gasteiger partial charge in [0, 0.05) is 34.1 Å². The summed E-state index contributed by atoms with van der Waals surface area (Å²) in [5.41, 5.74) is 3.06. The van der Waals surface area contributed by atoms with Gasteiger partial charge in [-0.2, -0.15) is 0 Å². The molecule has 0 aliphatic rings. The Balaban J connectivity index is 0. The number of benzene rings is 2. The van der Waals surface area contributed by atoms with E-state index >= 15 is 0 Å². The van der Waals surface area contributed by atoms with Crippen LogP contribution in [0.2, 0.25) is 10.0 Å². The molecule has 0 saturated carbocycles. The zero-order valence-corrected chi connectivity index (χ0v) is 26.2. The van der Waals surface area contributed by atoms with Crippen molar-refractivity contribution >= 4 is 41.7 Å². The first-order valence-electron chi connectivity index (χ1n) is 12.7. The van der Waals surface area contributed by atoms with Crippen LogP contribution in [0.15, 0.2) is 82.2 Å². The lowest BCUT2D eigenvalue weighted by molar-refractivity contribution is 0.282. The van der Waals surface area contributed by atoms with E-state index in [4.69, 9.17) is 23.2 Å². The fourth-order valence-electron chi connectivity index (χ4n) is 2.74. The Morgan fingerprint density at radius 1 is 1.00 bits per heavy atom. The molecule has 6 heteroatoms. The van der Waals surface area contributed by atoms with Gasteiger partial charge in [0.15, 0.2) is 0 Å². The van der Waals surface area contributed by atoms with E-state index in [1.54, 1.807) is 24.9 Å². The summed E-state index contributed by atoms with van der Waals surface area (Å²) in [6.45, 7) is 22.1. The zero-order chi connectivity index (χ0) is 28.8. The van der Waals surface area contributed by atoms with E-state index in [-0.39, 0.29) is 6.61 Å². The molecule has 0 aliphatic carbocycles. The summed E-state index contributed by atoms with van der Waals surface area (Å²) in [7, 11) is 1.64. The van der Waals surface area contributed by atoms with Gasteiger partial charge in [-0.05, 0) is 55.8 Å². The lowest BCUT2D eigenvalue weighted by Gasteiger charge is -2.12. The van der Waals surface area contributed by atoms with Gasteiger partial charge >= 0.3 is 0 Å². The first-order valence-corrected chi connectivity index (χ1v) is 14.2. The number of rotatable bonds is 6. The maximum Gasteiger partial charge on any atom is 0.0805 e. The van der Waals surface area contributed by atoms with Gasteiger partial charge in [0.05, 0.1) is 17.3 Å². The minimum Gasteiger partial charge on any atom is -0.392 e. The van der Waals surface area contributed by atoms with Crippen LogP contribution in [0.4, 0.5) is 0 Å². The Kier molecular flexibility index (Phi) is 23.3. The van der Waals surface area contributed by atoms with Crippen molar-refractivity contribution in [1.29, 1.82) is 0 Å². The Morgan fingerprint density at radius 3 is 1.84 bits per heavy atom. The smallest absolute Gasteiger partial charge is 0.0805 e. The lowest BCUT2D eigenvalue weighted by Crippen LogP contribution is -2.00. The van der Waals surface area contributed by atoms with Gasteiger partial charge in [0.1, 0.15) is 0 Å². The number of nitrogens with zero attached hydrogens (tertiary/aromatic N) is 2. The highest BCUT2D eigenvalue weighted by Crippen LogP contribution is 2.37. The van der Waals surface area contributed by atoms with Crippen LogP contribution in [0.25, 0.3) is 11.3 Å². The standard InChI is InChI=1S/C19H17Cl2NOS.C4H10.C4H8.C2H5N.C2H6/c1-2-22-18(24-17-10-15(20)9-16(21)11-17)8-14(12-23)19(22)13-6-4-3-5-7-13;1-4(2)3;1-3-4-2;1-3-2;1-2/h3-11,23H,2,12H2,1H3;4H,1-3H3;3H,1,4H2,2H3;1H2,2H3;1-2H3. The minimum atomic E-state index is 0.00108. The van der Waals surface area contributed by atoms with Crippen LogP contribution in [0.1, 0.15) is 60.5 Å². The van der Waals surface area contributed by atoms with Crippen molar-refractivity contribution in [1.82, 2.24) is 4.57 Å². The molecule has 1 N–H and O–H groups in total. The molecule has 0 saturated heterocycles.